The number of nitrogens with zero attached hydrogens (tertiary/aromatic N) is 1. The Kier molecular flexibility index (Phi) is 7.23. The quantitative estimate of drug-likeness (QED) is 0.621. The molecule has 0 aliphatic carbocycles. The van der Waals surface area contributed by atoms with E-state index >= 15 is 0 Å². The van der Waals surface area contributed by atoms with Crippen molar-refractivity contribution < 1.29 is 9.59 Å². The van der Waals surface area contributed by atoms with Crippen molar-refractivity contribution in [2.45, 2.75) is 33.2 Å². The first kappa shape index (κ1) is 21.6. The van der Waals surface area contributed by atoms with E-state index in [0.29, 0.717) is 13.0 Å². The van der Waals surface area contributed by atoms with E-state index in [1.54, 1.807) is 0 Å². The molecule has 0 aromatic heterocycles. The van der Waals surface area contributed by atoms with Gasteiger partial charge in [-0.2, -0.15) is 0 Å². The molecule has 1 aliphatic rings. The molecule has 0 fully saturated rings. The van der Waals surface area contributed by atoms with Crippen molar-refractivity contribution in [1.29, 1.82) is 0 Å². The van der Waals surface area contributed by atoms with Crippen LogP contribution in [0.1, 0.15) is 32.8 Å². The number of carbonyl (C=O) groups is 2. The fraction of sp³-hybridized carbons (Fsp3) is 0.308. The Hall–Kier alpha value is -3.14. The molecule has 2 aromatic rings. The van der Waals surface area contributed by atoms with Gasteiger partial charge in [-0.3, -0.25) is 4.79 Å². The minimum absolute atomic E-state index is 0.0191. The Balaban J connectivity index is 2.13. The molecule has 1 amide bonds. The van der Waals surface area contributed by atoms with E-state index in [0.717, 1.165) is 28.8 Å². The van der Waals surface area contributed by atoms with Gasteiger partial charge in [0, 0.05) is 30.4 Å². The summed E-state index contributed by atoms with van der Waals surface area (Å²) in [7, 11) is 0. The van der Waals surface area contributed by atoms with Crippen LogP contribution >= 0.6 is 0 Å². The first-order valence-electron chi connectivity index (χ1n) is 10.6. The fourth-order valence-electron chi connectivity index (χ4n) is 4.35. The largest absolute Gasteiger partial charge is 0.366 e. The van der Waals surface area contributed by atoms with Crippen molar-refractivity contribution >= 4 is 23.5 Å². The van der Waals surface area contributed by atoms with Gasteiger partial charge in [-0.05, 0) is 42.2 Å². The summed E-state index contributed by atoms with van der Waals surface area (Å²) in [4.78, 5) is 27.0. The number of nitrogens with one attached hydrogen (secondary N) is 1. The molecule has 0 bridgehead atoms. The highest BCUT2D eigenvalue weighted by atomic mass is 16.2. The van der Waals surface area contributed by atoms with Crippen LogP contribution in [0.5, 0.6) is 0 Å². The molecule has 0 spiro atoms. The number of amides is 1. The van der Waals surface area contributed by atoms with Crippen LogP contribution in [-0.4, -0.2) is 29.7 Å². The summed E-state index contributed by atoms with van der Waals surface area (Å²) < 4.78 is 0. The number of anilines is 1. The number of hydrogen-bond donors (Lipinski definition) is 1. The second kappa shape index (κ2) is 10.1. The summed E-state index contributed by atoms with van der Waals surface area (Å²) in [6, 6.07) is 19.6. The Morgan fingerprint density at radius 1 is 1.07 bits per heavy atom. The lowest BCUT2D eigenvalue weighted by Crippen LogP contribution is -2.43. The maximum atomic E-state index is 13.6. The first-order valence-corrected chi connectivity index (χ1v) is 10.6. The topological polar surface area (TPSA) is 49.4 Å². The third-order valence-electron chi connectivity index (χ3n) is 5.50. The van der Waals surface area contributed by atoms with E-state index in [9.17, 15) is 9.59 Å². The molecule has 1 N–H and O–H groups in total. The summed E-state index contributed by atoms with van der Waals surface area (Å²) in [5, 5.41) is 3.11. The van der Waals surface area contributed by atoms with Gasteiger partial charge in [0.1, 0.15) is 6.29 Å². The van der Waals surface area contributed by atoms with Crippen molar-refractivity contribution in [1.82, 2.24) is 4.90 Å². The molecule has 1 aliphatic heterocycles. The van der Waals surface area contributed by atoms with Crippen LogP contribution in [0.4, 0.5) is 5.69 Å². The molecule has 0 radical (unpaired) electrons. The number of hydrogen-bond acceptors (Lipinski definition) is 3. The summed E-state index contributed by atoms with van der Waals surface area (Å²) in [5.74, 6) is -0.135. The number of benzene rings is 2. The number of carbonyl (C=O) groups excluding carboxylic acids is 2. The predicted octanol–water partition coefficient (Wildman–Crippen LogP) is 5.16. The van der Waals surface area contributed by atoms with Gasteiger partial charge in [-0.1, -0.05) is 68.5 Å². The SMILES string of the molecule is C/C=C/C1=C(c2ccccc2)C(C(=O)Nc2ccccc2)C(C(C)C)N1CCC=O. The summed E-state index contributed by atoms with van der Waals surface area (Å²) in [5.41, 5.74) is 3.87. The van der Waals surface area contributed by atoms with Crippen molar-refractivity contribution in [3.63, 3.8) is 0 Å². The molecule has 156 valence electrons. The van der Waals surface area contributed by atoms with Crippen molar-refractivity contribution in [3.05, 3.63) is 84.1 Å². The highest BCUT2D eigenvalue weighted by Crippen LogP contribution is 2.44. The number of aldehydes is 1. The molecule has 4 nitrogen and oxygen atoms in total. The summed E-state index contributed by atoms with van der Waals surface area (Å²) in [6.45, 7) is 6.86. The van der Waals surface area contributed by atoms with Gasteiger partial charge in [-0.25, -0.2) is 0 Å². The van der Waals surface area contributed by atoms with Gasteiger partial charge in [0.05, 0.1) is 5.92 Å². The van der Waals surface area contributed by atoms with Gasteiger partial charge in [0.15, 0.2) is 0 Å². The number of allylic oxidation sites excluding steroid dienone is 2. The Labute approximate surface area is 179 Å². The maximum absolute atomic E-state index is 13.6. The first-order chi connectivity index (χ1) is 14.6. The third kappa shape index (κ3) is 4.54. The molecule has 2 aromatic carbocycles. The van der Waals surface area contributed by atoms with Gasteiger partial charge >= 0.3 is 0 Å². The summed E-state index contributed by atoms with van der Waals surface area (Å²) in [6.07, 6.45) is 5.45. The van der Waals surface area contributed by atoms with Gasteiger partial charge in [-0.15, -0.1) is 0 Å². The average Bonchev–Trinajstić information content (AvgIpc) is 3.08. The molecular formula is C26H30N2O2. The maximum Gasteiger partial charge on any atom is 0.234 e. The molecule has 1 heterocycles. The van der Waals surface area contributed by atoms with Crippen LogP contribution < -0.4 is 5.32 Å². The van der Waals surface area contributed by atoms with Crippen molar-refractivity contribution in [2.24, 2.45) is 11.8 Å². The zero-order valence-corrected chi connectivity index (χ0v) is 17.9. The van der Waals surface area contributed by atoms with Crippen molar-refractivity contribution in [3.8, 4) is 0 Å². The Bertz CT molecular complexity index is 917. The van der Waals surface area contributed by atoms with Crippen LogP contribution in [0.2, 0.25) is 0 Å². The molecular weight excluding hydrogens is 372 g/mol. The lowest BCUT2D eigenvalue weighted by atomic mass is 9.83. The van der Waals surface area contributed by atoms with E-state index in [1.807, 2.05) is 61.5 Å². The zero-order valence-electron chi connectivity index (χ0n) is 17.9. The fourth-order valence-corrected chi connectivity index (χ4v) is 4.35. The Morgan fingerprint density at radius 3 is 2.27 bits per heavy atom. The van der Waals surface area contributed by atoms with Crippen LogP contribution in [0.3, 0.4) is 0 Å². The second-order valence-electron chi connectivity index (χ2n) is 7.88. The molecule has 2 atom stereocenters. The van der Waals surface area contributed by atoms with Gasteiger partial charge in [0.2, 0.25) is 5.91 Å². The summed E-state index contributed by atoms with van der Waals surface area (Å²) >= 11 is 0. The van der Waals surface area contributed by atoms with E-state index < -0.39 is 0 Å². The molecule has 0 saturated heterocycles. The highest BCUT2D eigenvalue weighted by molar-refractivity contribution is 6.03. The standard InChI is InChI=1S/C26H30N2O2/c1-4-12-22-23(20-13-7-5-8-14-20)24(25(19(2)3)28(22)17-11-18-29)26(30)27-21-15-9-6-10-16-21/h4-10,12-16,18-19,24-25H,11,17H2,1-3H3,(H,27,30)/b12-4+. The second-order valence-corrected chi connectivity index (χ2v) is 7.88. The minimum atomic E-state index is -0.342. The lowest BCUT2D eigenvalue weighted by Gasteiger charge is -2.34. The van der Waals surface area contributed by atoms with Crippen LogP contribution in [0.15, 0.2) is 78.5 Å². The molecule has 4 heteroatoms. The average molecular weight is 403 g/mol. The van der Waals surface area contributed by atoms with Crippen LogP contribution in [0, 0.1) is 11.8 Å². The molecule has 2 unspecified atom stereocenters. The number of para-hydroxylation sites is 1. The van der Waals surface area contributed by atoms with Crippen LogP contribution in [-0.2, 0) is 9.59 Å². The van der Waals surface area contributed by atoms with E-state index in [2.05, 4.69) is 42.3 Å². The smallest absolute Gasteiger partial charge is 0.234 e. The van der Waals surface area contributed by atoms with Gasteiger partial charge in [0.25, 0.3) is 0 Å². The monoisotopic (exact) mass is 402 g/mol. The van der Waals surface area contributed by atoms with E-state index in [1.165, 1.54) is 0 Å². The van der Waals surface area contributed by atoms with Crippen molar-refractivity contribution in [2.75, 3.05) is 11.9 Å². The highest BCUT2D eigenvalue weighted by Gasteiger charge is 2.45. The normalized spacial score (nSPS) is 19.0. The molecule has 3 rings (SSSR count). The molecule has 30 heavy (non-hydrogen) atoms. The van der Waals surface area contributed by atoms with E-state index in [4.69, 9.17) is 0 Å². The third-order valence-corrected chi connectivity index (χ3v) is 5.50. The minimum Gasteiger partial charge on any atom is -0.366 e. The lowest BCUT2D eigenvalue weighted by molar-refractivity contribution is -0.119. The van der Waals surface area contributed by atoms with E-state index in [-0.39, 0.29) is 23.8 Å². The van der Waals surface area contributed by atoms with Crippen LogP contribution in [0.25, 0.3) is 5.57 Å². The predicted molar refractivity (Wildman–Crippen MR) is 123 cm³/mol. The zero-order chi connectivity index (χ0) is 21.5. The number of rotatable bonds is 8. The van der Waals surface area contributed by atoms with Gasteiger partial charge < -0.3 is 15.0 Å². The Morgan fingerprint density at radius 2 is 1.70 bits per heavy atom. The molecule has 0 saturated carbocycles.